The molecule has 0 aromatic heterocycles. The van der Waals surface area contributed by atoms with Gasteiger partial charge in [-0.1, -0.05) is 80.9 Å². The average molecular weight is 1210 g/mol. The molecule has 2 amide bonds. The first-order chi connectivity index (χ1) is 41.3. The summed E-state index contributed by atoms with van der Waals surface area (Å²) in [6, 6.07) is 25.2. The second-order valence-corrected chi connectivity index (χ2v) is 24.4. The molecular weight excluding hydrogens is 1130 g/mol. The van der Waals surface area contributed by atoms with Crippen molar-refractivity contribution < 1.29 is 95.7 Å². The number of carbonyl (C=O) groups excluding carboxylic acids is 4. The van der Waals surface area contributed by atoms with Crippen LogP contribution in [0.1, 0.15) is 86.8 Å². The number of anilines is 2. The fourth-order valence-electron chi connectivity index (χ4n) is 12.1. The zero-order valence-electron chi connectivity index (χ0n) is 51.0. The van der Waals surface area contributed by atoms with E-state index >= 15 is 0 Å². The van der Waals surface area contributed by atoms with Crippen molar-refractivity contribution >= 4 is 35.1 Å². The first-order valence-electron chi connectivity index (χ1n) is 29.5. The number of methoxy groups -OCH3 is 2. The van der Waals surface area contributed by atoms with Crippen molar-refractivity contribution in [1.82, 2.24) is 0 Å². The lowest BCUT2D eigenvalue weighted by Gasteiger charge is -2.41. The fraction of sp³-hybridized carbons (Fsp3) is 0.538. The van der Waals surface area contributed by atoms with Crippen molar-refractivity contribution in [2.24, 2.45) is 0 Å². The number of carbonyl (C=O) groups is 4. The molecule has 4 N–H and O–H groups in total. The lowest BCUT2D eigenvalue weighted by atomic mass is 9.86. The molecule has 22 nitrogen and oxygen atoms in total. The molecule has 87 heavy (non-hydrogen) atoms. The third kappa shape index (κ3) is 14.0. The third-order valence-corrected chi connectivity index (χ3v) is 15.7. The fourth-order valence-corrected chi connectivity index (χ4v) is 12.1. The zero-order chi connectivity index (χ0) is 62.3. The lowest BCUT2D eigenvalue weighted by Crippen LogP contribution is -2.56. The highest BCUT2D eigenvalue weighted by atomic mass is 16.8. The predicted molar refractivity (Wildman–Crippen MR) is 311 cm³/mol. The van der Waals surface area contributed by atoms with Gasteiger partial charge in [0.05, 0.1) is 38.6 Å². The summed E-state index contributed by atoms with van der Waals surface area (Å²) in [6.45, 7) is 18.1. The highest BCUT2D eigenvalue weighted by Gasteiger charge is 2.60. The van der Waals surface area contributed by atoms with Crippen LogP contribution in [0.15, 0.2) is 132 Å². The topological polar surface area (TPSA) is 262 Å². The first-order valence-corrected chi connectivity index (χ1v) is 29.5. The van der Waals surface area contributed by atoms with E-state index in [1.807, 2.05) is 60.7 Å². The number of hydrogen-bond donors (Lipinski definition) is 4. The summed E-state index contributed by atoms with van der Waals surface area (Å²) in [6.07, 6.45) is -9.35. The summed E-state index contributed by atoms with van der Waals surface area (Å²) in [7, 11) is 2.55. The molecule has 16 atom stereocenters. The molecule has 11 rings (SSSR count). The van der Waals surface area contributed by atoms with Crippen molar-refractivity contribution in [3.63, 3.8) is 0 Å². The first kappa shape index (κ1) is 63.9. The number of amides is 2. The van der Waals surface area contributed by atoms with E-state index in [-0.39, 0.29) is 35.5 Å². The van der Waals surface area contributed by atoms with E-state index < -0.39 is 145 Å². The van der Waals surface area contributed by atoms with E-state index in [9.17, 15) is 29.4 Å². The number of benzene rings is 3. The van der Waals surface area contributed by atoms with Gasteiger partial charge < -0.3 is 87.2 Å². The Kier molecular flexibility index (Phi) is 19.0. The molecule has 3 aromatic carbocycles. The molecule has 22 heteroatoms. The summed E-state index contributed by atoms with van der Waals surface area (Å²) in [5, 5.41) is 29.9. The summed E-state index contributed by atoms with van der Waals surface area (Å²) >= 11 is 0. The van der Waals surface area contributed by atoms with Gasteiger partial charge in [0, 0.05) is 22.5 Å². The van der Waals surface area contributed by atoms with Gasteiger partial charge in [-0.25, -0.2) is 9.59 Å². The van der Waals surface area contributed by atoms with Gasteiger partial charge in [-0.05, 0) is 115 Å². The SMILES string of the molecule is CCC.COC(=O)C1=C[C@H](OCc2ccccc2)[C@@H](O[C@H]2C=C(C(=O)Nc3ccc(NC(=O)C4=C[C@H](O[C@H]5[C@@H]6OC(C)(C)O[C@@H]6C(C(=O)OC)=C[C@@H]5OCc5ccccc5)[C@@H](O)[C@@H]5OC(C)(C)O[C@H]45)cc3)[C@H]3OC(C)(C)O[C@H]3[C@@H]2O)[C@@H]2OC(C)(C)O[C@H]12. The quantitative estimate of drug-likeness (QED) is 0.111. The summed E-state index contributed by atoms with van der Waals surface area (Å²) < 4.78 is 87.1. The van der Waals surface area contributed by atoms with Crippen molar-refractivity contribution in [2.45, 2.75) is 210 Å². The van der Waals surface area contributed by atoms with Gasteiger partial charge in [-0.3, -0.25) is 9.59 Å². The maximum Gasteiger partial charge on any atom is 0.336 e. The Morgan fingerprint density at radius 3 is 1.06 bits per heavy atom. The molecular formula is C65H80N2O20. The van der Waals surface area contributed by atoms with E-state index in [4.69, 9.17) is 66.3 Å². The lowest BCUT2D eigenvalue weighted by molar-refractivity contribution is -0.198. The number of esters is 2. The Bertz CT molecular complexity index is 2900. The summed E-state index contributed by atoms with van der Waals surface area (Å²) in [4.78, 5) is 55.5. The Hall–Kier alpha value is -6.06. The zero-order valence-corrected chi connectivity index (χ0v) is 51.0. The van der Waals surface area contributed by atoms with Crippen molar-refractivity contribution in [2.75, 3.05) is 24.9 Å². The van der Waals surface area contributed by atoms with Crippen molar-refractivity contribution in [3.8, 4) is 0 Å². The predicted octanol–water partition coefficient (Wildman–Crippen LogP) is 6.57. The number of ether oxygens (including phenoxy) is 14. The van der Waals surface area contributed by atoms with Gasteiger partial charge in [-0.2, -0.15) is 0 Å². The molecule has 4 heterocycles. The van der Waals surface area contributed by atoms with Crippen LogP contribution in [0.25, 0.3) is 0 Å². The molecule has 4 saturated heterocycles. The van der Waals surface area contributed by atoms with Crippen LogP contribution in [0.2, 0.25) is 0 Å². The van der Waals surface area contributed by atoms with E-state index in [2.05, 4.69) is 24.5 Å². The van der Waals surface area contributed by atoms with Crippen LogP contribution >= 0.6 is 0 Å². The number of fused-ring (bicyclic) bond motifs is 4. The normalized spacial score (nSPS) is 33.7. The maximum absolute atomic E-state index is 14.5. The molecule has 470 valence electrons. The standard InChI is InChI=1S/C62H72N2O20.C3H8/c1-59(2)77-45-35(25-39(43(65)51(45)81-59)75-49-41(73-29-31-17-13-11-14-18-31)27-37(57(69)71-9)47-53(49)83-61(5,6)79-47)55(67)63-33-21-23-34(24-22-33)64-56(68)36-26-40(44(66)52-46(36)78-60(3,4)82-52)76-50-42(74-30-32-19-15-12-16-20-32)28-38(58(70)72-10)48-54(50)84-62(7,8)80-48;1-3-2/h11-28,39-54,65-66H,29-30H2,1-10H3,(H,63,67)(H,64,68);3H2,1-2H3/t39-,40-,41-,42-,43+,44+,45+,46+,47+,48+,49+,50+,51-,52-,53+,54+;/m0./s1. The molecule has 4 aliphatic heterocycles. The number of nitrogens with one attached hydrogen (secondary N) is 2. The van der Waals surface area contributed by atoms with Gasteiger partial charge >= 0.3 is 11.9 Å². The molecule has 0 unspecified atom stereocenters. The summed E-state index contributed by atoms with van der Waals surface area (Å²) in [5.74, 6) is -7.18. The Morgan fingerprint density at radius 2 is 0.736 bits per heavy atom. The molecule has 8 aliphatic rings. The van der Waals surface area contributed by atoms with Crippen molar-refractivity contribution in [1.29, 1.82) is 0 Å². The van der Waals surface area contributed by atoms with Crippen LogP contribution in [-0.4, -0.2) is 169 Å². The van der Waals surface area contributed by atoms with Gasteiger partial charge in [0.2, 0.25) is 0 Å². The van der Waals surface area contributed by atoms with Gasteiger partial charge in [0.1, 0.15) is 97.7 Å². The van der Waals surface area contributed by atoms with Crippen LogP contribution in [0, 0.1) is 0 Å². The minimum Gasteiger partial charge on any atom is -0.466 e. The minimum absolute atomic E-state index is 0.107. The Balaban J connectivity index is 0.00000274. The van der Waals surface area contributed by atoms with E-state index in [0.717, 1.165) is 11.1 Å². The van der Waals surface area contributed by atoms with E-state index in [1.165, 1.54) is 32.8 Å². The van der Waals surface area contributed by atoms with E-state index in [0.29, 0.717) is 11.4 Å². The Morgan fingerprint density at radius 1 is 0.437 bits per heavy atom. The van der Waals surface area contributed by atoms with Crippen LogP contribution in [-0.2, 0) is 98.7 Å². The van der Waals surface area contributed by atoms with Crippen LogP contribution < -0.4 is 10.6 Å². The molecule has 4 aliphatic carbocycles. The highest BCUT2D eigenvalue weighted by molar-refractivity contribution is 6.06. The van der Waals surface area contributed by atoms with E-state index in [1.54, 1.807) is 91.8 Å². The van der Waals surface area contributed by atoms with Crippen LogP contribution in [0.5, 0.6) is 0 Å². The van der Waals surface area contributed by atoms with Crippen molar-refractivity contribution in [3.05, 3.63) is 143 Å². The maximum atomic E-state index is 14.5. The monoisotopic (exact) mass is 1210 g/mol. The van der Waals surface area contributed by atoms with Gasteiger partial charge in [0.15, 0.2) is 23.1 Å². The van der Waals surface area contributed by atoms with Crippen LogP contribution in [0.3, 0.4) is 0 Å². The number of aliphatic hydroxyl groups is 2. The van der Waals surface area contributed by atoms with Crippen LogP contribution in [0.4, 0.5) is 11.4 Å². The highest BCUT2D eigenvalue weighted by Crippen LogP contribution is 2.46. The second-order valence-electron chi connectivity index (χ2n) is 24.4. The molecule has 0 saturated carbocycles. The third-order valence-electron chi connectivity index (χ3n) is 15.7. The van der Waals surface area contributed by atoms with Gasteiger partial charge in [0.25, 0.3) is 11.8 Å². The number of rotatable bonds is 16. The number of hydrogen-bond acceptors (Lipinski definition) is 20. The average Bonchev–Trinajstić information content (AvgIpc) is 1.80. The minimum atomic E-state index is -1.35. The Labute approximate surface area is 506 Å². The molecule has 4 fully saturated rings. The molecule has 0 bridgehead atoms. The molecule has 0 spiro atoms. The molecule has 0 radical (unpaired) electrons. The largest absolute Gasteiger partial charge is 0.466 e. The van der Waals surface area contributed by atoms with Gasteiger partial charge in [-0.15, -0.1) is 0 Å². The summed E-state index contributed by atoms with van der Waals surface area (Å²) in [5.41, 5.74) is 2.97. The second kappa shape index (κ2) is 25.8. The smallest absolute Gasteiger partial charge is 0.336 e. The number of aliphatic hydroxyl groups excluding tert-OH is 2. The molecule has 3 aromatic rings.